The van der Waals surface area contributed by atoms with Crippen LogP contribution in [-0.2, 0) is 11.3 Å². The van der Waals surface area contributed by atoms with Gasteiger partial charge in [-0.2, -0.15) is 0 Å². The van der Waals surface area contributed by atoms with Crippen molar-refractivity contribution in [2.45, 2.75) is 51.8 Å². The fourth-order valence-electron chi connectivity index (χ4n) is 2.32. The van der Waals surface area contributed by atoms with Gasteiger partial charge in [0.25, 0.3) is 0 Å². The SMILES string of the molecule is CN=C(NCCN(C(=O)OC(C)(C)C)C1CC1)NCc1ccccn1.I. The third-order valence-electron chi connectivity index (χ3n) is 3.65. The van der Waals surface area contributed by atoms with Gasteiger partial charge in [-0.05, 0) is 45.7 Å². The molecule has 1 aliphatic rings. The van der Waals surface area contributed by atoms with Crippen molar-refractivity contribution in [2.24, 2.45) is 4.99 Å². The lowest BCUT2D eigenvalue weighted by molar-refractivity contribution is 0.0238. The van der Waals surface area contributed by atoms with Crippen LogP contribution in [0.5, 0.6) is 0 Å². The maximum atomic E-state index is 12.3. The molecule has 2 rings (SSSR count). The molecule has 8 heteroatoms. The minimum Gasteiger partial charge on any atom is -0.444 e. The molecule has 7 nitrogen and oxygen atoms in total. The fourth-order valence-corrected chi connectivity index (χ4v) is 2.32. The van der Waals surface area contributed by atoms with Crippen molar-refractivity contribution in [1.29, 1.82) is 0 Å². The van der Waals surface area contributed by atoms with Crippen LogP contribution in [0.15, 0.2) is 29.4 Å². The van der Waals surface area contributed by atoms with Crippen LogP contribution < -0.4 is 10.6 Å². The van der Waals surface area contributed by atoms with Crippen molar-refractivity contribution in [1.82, 2.24) is 20.5 Å². The van der Waals surface area contributed by atoms with Crippen molar-refractivity contribution in [3.8, 4) is 0 Å². The second kappa shape index (κ2) is 10.5. The van der Waals surface area contributed by atoms with Gasteiger partial charge in [-0.3, -0.25) is 9.98 Å². The van der Waals surface area contributed by atoms with Crippen molar-refractivity contribution in [3.05, 3.63) is 30.1 Å². The molecule has 26 heavy (non-hydrogen) atoms. The Morgan fingerprint density at radius 3 is 2.62 bits per heavy atom. The molecule has 0 atom stereocenters. The van der Waals surface area contributed by atoms with E-state index in [2.05, 4.69) is 20.6 Å². The number of ether oxygens (including phenoxy) is 1. The molecule has 1 fully saturated rings. The summed E-state index contributed by atoms with van der Waals surface area (Å²) in [5, 5.41) is 6.45. The van der Waals surface area contributed by atoms with E-state index in [-0.39, 0.29) is 30.1 Å². The quantitative estimate of drug-likeness (QED) is 0.376. The molecule has 0 radical (unpaired) electrons. The number of halogens is 1. The Hall–Kier alpha value is -1.58. The average Bonchev–Trinajstić information content (AvgIpc) is 3.38. The zero-order valence-electron chi connectivity index (χ0n) is 16.0. The van der Waals surface area contributed by atoms with Gasteiger partial charge in [0.1, 0.15) is 5.60 Å². The molecule has 0 unspecified atom stereocenters. The molecule has 146 valence electrons. The lowest BCUT2D eigenvalue weighted by atomic mass is 10.2. The van der Waals surface area contributed by atoms with Crippen LogP contribution in [0.25, 0.3) is 0 Å². The number of hydrogen-bond donors (Lipinski definition) is 2. The first-order chi connectivity index (χ1) is 11.9. The first-order valence-corrected chi connectivity index (χ1v) is 8.73. The normalized spacial score (nSPS) is 14.2. The molecule has 1 aromatic heterocycles. The van der Waals surface area contributed by atoms with Gasteiger partial charge in [0, 0.05) is 32.4 Å². The minimum absolute atomic E-state index is 0. The third-order valence-corrected chi connectivity index (χ3v) is 3.65. The summed E-state index contributed by atoms with van der Waals surface area (Å²) in [6, 6.07) is 6.10. The Morgan fingerprint density at radius 2 is 2.08 bits per heavy atom. The van der Waals surface area contributed by atoms with Crippen LogP contribution >= 0.6 is 24.0 Å². The monoisotopic (exact) mass is 475 g/mol. The van der Waals surface area contributed by atoms with Crippen molar-refractivity contribution < 1.29 is 9.53 Å². The summed E-state index contributed by atoms with van der Waals surface area (Å²) >= 11 is 0. The number of amides is 1. The van der Waals surface area contributed by atoms with Crippen LogP contribution in [0.1, 0.15) is 39.3 Å². The maximum absolute atomic E-state index is 12.3. The first-order valence-electron chi connectivity index (χ1n) is 8.73. The zero-order valence-corrected chi connectivity index (χ0v) is 18.3. The summed E-state index contributed by atoms with van der Waals surface area (Å²) < 4.78 is 5.50. The second-order valence-corrected chi connectivity index (χ2v) is 7.08. The van der Waals surface area contributed by atoms with Crippen LogP contribution in [-0.4, -0.2) is 53.7 Å². The van der Waals surface area contributed by atoms with Gasteiger partial charge >= 0.3 is 6.09 Å². The number of aliphatic imine (C=N–C) groups is 1. The Labute approximate surface area is 173 Å². The average molecular weight is 475 g/mol. The highest BCUT2D eigenvalue weighted by Crippen LogP contribution is 2.27. The number of rotatable bonds is 6. The second-order valence-electron chi connectivity index (χ2n) is 7.08. The molecular formula is C18H30IN5O2. The summed E-state index contributed by atoms with van der Waals surface area (Å²) in [5.41, 5.74) is 0.469. The van der Waals surface area contributed by atoms with Gasteiger partial charge in [0.15, 0.2) is 5.96 Å². The number of carbonyl (C=O) groups excluding carboxylic acids is 1. The van der Waals surface area contributed by atoms with Gasteiger partial charge < -0.3 is 20.3 Å². The number of hydrogen-bond acceptors (Lipinski definition) is 4. The van der Waals surface area contributed by atoms with Gasteiger partial charge in [-0.15, -0.1) is 24.0 Å². The van der Waals surface area contributed by atoms with E-state index >= 15 is 0 Å². The smallest absolute Gasteiger partial charge is 0.410 e. The molecule has 0 aliphatic heterocycles. The van der Waals surface area contributed by atoms with E-state index < -0.39 is 5.60 Å². The number of carbonyl (C=O) groups is 1. The maximum Gasteiger partial charge on any atom is 0.410 e. The van der Waals surface area contributed by atoms with Crippen LogP contribution in [0.4, 0.5) is 4.79 Å². The molecule has 1 amide bonds. The molecule has 1 saturated carbocycles. The molecule has 0 aromatic carbocycles. The number of guanidine groups is 1. The fraction of sp³-hybridized carbons (Fsp3) is 0.611. The van der Waals surface area contributed by atoms with Gasteiger partial charge in [0.05, 0.1) is 12.2 Å². The van der Waals surface area contributed by atoms with Crippen molar-refractivity contribution >= 4 is 36.0 Å². The van der Waals surface area contributed by atoms with Crippen LogP contribution in [0.3, 0.4) is 0 Å². The predicted molar refractivity (Wildman–Crippen MR) is 114 cm³/mol. The largest absolute Gasteiger partial charge is 0.444 e. The summed E-state index contributed by atoms with van der Waals surface area (Å²) in [5.74, 6) is 0.686. The highest BCUT2D eigenvalue weighted by Gasteiger charge is 2.34. The zero-order chi connectivity index (χ0) is 18.3. The van der Waals surface area contributed by atoms with E-state index in [1.165, 1.54) is 0 Å². The lowest BCUT2D eigenvalue weighted by Crippen LogP contribution is -2.45. The van der Waals surface area contributed by atoms with E-state index in [0.717, 1.165) is 18.5 Å². The highest BCUT2D eigenvalue weighted by atomic mass is 127. The molecule has 1 heterocycles. The molecule has 1 aromatic rings. The van der Waals surface area contributed by atoms with E-state index in [9.17, 15) is 4.79 Å². The summed E-state index contributed by atoms with van der Waals surface area (Å²) in [4.78, 5) is 22.6. The Balaban J connectivity index is 0.00000338. The molecule has 0 bridgehead atoms. The van der Waals surface area contributed by atoms with Crippen molar-refractivity contribution in [3.63, 3.8) is 0 Å². The van der Waals surface area contributed by atoms with Crippen LogP contribution in [0, 0.1) is 0 Å². The van der Waals surface area contributed by atoms with Crippen LogP contribution in [0.2, 0.25) is 0 Å². The number of nitrogens with zero attached hydrogens (tertiary/aromatic N) is 3. The molecular weight excluding hydrogens is 445 g/mol. The Kier molecular flexibility index (Phi) is 9.11. The molecule has 0 saturated heterocycles. The summed E-state index contributed by atoms with van der Waals surface area (Å²) in [7, 11) is 1.72. The number of nitrogens with one attached hydrogen (secondary N) is 2. The van der Waals surface area contributed by atoms with Gasteiger partial charge in [0.2, 0.25) is 0 Å². The van der Waals surface area contributed by atoms with E-state index in [1.54, 1.807) is 13.2 Å². The molecule has 2 N–H and O–H groups in total. The molecule has 1 aliphatic carbocycles. The number of aromatic nitrogens is 1. The van der Waals surface area contributed by atoms with E-state index in [0.29, 0.717) is 31.6 Å². The minimum atomic E-state index is -0.474. The van der Waals surface area contributed by atoms with Gasteiger partial charge in [-0.1, -0.05) is 6.07 Å². The third kappa shape index (κ3) is 8.20. The Morgan fingerprint density at radius 1 is 1.35 bits per heavy atom. The number of pyridine rings is 1. The lowest BCUT2D eigenvalue weighted by Gasteiger charge is -2.27. The standard InChI is InChI=1S/C18H29N5O2.HI/c1-18(2,3)25-17(24)23(15-8-9-15)12-11-21-16(19-4)22-13-14-7-5-6-10-20-14;/h5-7,10,15H,8-9,11-13H2,1-4H3,(H2,19,21,22);1H. The van der Waals surface area contributed by atoms with E-state index in [4.69, 9.17) is 4.74 Å². The van der Waals surface area contributed by atoms with E-state index in [1.807, 2.05) is 43.9 Å². The molecule has 0 spiro atoms. The predicted octanol–water partition coefficient (Wildman–Crippen LogP) is 2.76. The summed E-state index contributed by atoms with van der Waals surface area (Å²) in [6.45, 7) is 7.45. The summed E-state index contributed by atoms with van der Waals surface area (Å²) in [6.07, 6.45) is 3.62. The Bertz CT molecular complexity index is 585. The highest BCUT2D eigenvalue weighted by molar-refractivity contribution is 14.0. The van der Waals surface area contributed by atoms with Crippen molar-refractivity contribution in [2.75, 3.05) is 20.1 Å². The van der Waals surface area contributed by atoms with Gasteiger partial charge in [-0.25, -0.2) is 4.79 Å². The topological polar surface area (TPSA) is 78.9 Å². The first kappa shape index (κ1) is 22.5.